The van der Waals surface area contributed by atoms with Gasteiger partial charge in [0.2, 0.25) is 0 Å². The molecule has 4 heteroatoms. The van der Waals surface area contributed by atoms with E-state index < -0.39 is 0 Å². The zero-order valence-corrected chi connectivity index (χ0v) is 35.2. The minimum absolute atomic E-state index is 0.660. The molecule has 0 unspecified atom stereocenters. The minimum Gasteiger partial charge on any atom is -0.399 e. The van der Waals surface area contributed by atoms with E-state index in [0.29, 0.717) is 5.69 Å². The van der Waals surface area contributed by atoms with Crippen LogP contribution < -0.4 is 17.2 Å². The van der Waals surface area contributed by atoms with Crippen molar-refractivity contribution < 1.29 is 0 Å². The van der Waals surface area contributed by atoms with Crippen molar-refractivity contribution in [3.63, 3.8) is 0 Å². The first kappa shape index (κ1) is 63.4. The van der Waals surface area contributed by atoms with Crippen LogP contribution in [-0.4, -0.2) is 6.21 Å². The summed E-state index contributed by atoms with van der Waals surface area (Å²) in [5, 5.41) is 6.88. The van der Waals surface area contributed by atoms with Gasteiger partial charge < -0.3 is 22.6 Å². The zero-order valence-electron chi connectivity index (χ0n) is 35.2. The second-order valence-electron chi connectivity index (χ2n) is 6.81. The molecule has 0 aliphatic rings. The van der Waals surface area contributed by atoms with Crippen LogP contribution in [0.1, 0.15) is 134 Å². The first-order valence-corrected chi connectivity index (χ1v) is 18.7. The van der Waals surface area contributed by atoms with Crippen LogP contribution in [0, 0.1) is 5.41 Å². The molecule has 0 aromatic heterocycles. The predicted molar refractivity (Wildman–Crippen MR) is 237 cm³/mol. The predicted octanol–water partition coefficient (Wildman–Crippen LogP) is 14.9. The molecule has 0 amide bonds. The SMILES string of the molecule is C=Cc1ccccc1N.CC.CC.CC.CC.CC.CC.CC.CC.CCc1ccccc1N.N=Cc1ccccc1N.c1ccccc1. The molecule has 0 radical (unpaired) electrons. The number of benzene rings is 4. The van der Waals surface area contributed by atoms with Crippen molar-refractivity contribution in [3.8, 4) is 0 Å². The van der Waals surface area contributed by atoms with E-state index in [4.69, 9.17) is 22.6 Å². The molecule has 0 aliphatic heterocycles. The standard InChI is InChI=1S/C8H11N.C8H9N.C7H8N2.C6H6.8C2H6/c2*1-2-7-5-3-4-6-8(7)9;8-5-6-3-1-2-4-7(6)9;1-2-4-6-5-3-1;8*1-2/h3-6H,2,9H2,1H3;2-6H,1,9H2;1-5,8H,9H2;1-6H;8*1-2H3. The topological polar surface area (TPSA) is 102 Å². The molecule has 0 bridgehead atoms. The zero-order chi connectivity index (χ0) is 40.3. The summed E-state index contributed by atoms with van der Waals surface area (Å²) in [6.45, 7) is 37.7. The number of nitrogens with one attached hydrogen (secondary N) is 1. The summed E-state index contributed by atoms with van der Waals surface area (Å²) in [6.07, 6.45) is 4.01. The van der Waals surface area contributed by atoms with Crippen molar-refractivity contribution in [1.82, 2.24) is 0 Å². The number of hydrogen-bond donors (Lipinski definition) is 4. The maximum atomic E-state index is 6.88. The smallest absolute Gasteiger partial charge is 0.0402 e. The third-order valence-electron chi connectivity index (χ3n) is 4.47. The molecule has 4 aromatic rings. The van der Waals surface area contributed by atoms with Crippen LogP contribution in [0.25, 0.3) is 6.08 Å². The Labute approximate surface area is 307 Å². The Morgan fingerprint density at radius 2 is 0.694 bits per heavy atom. The fraction of sp³-hybridized carbons (Fsp3) is 0.400. The van der Waals surface area contributed by atoms with E-state index >= 15 is 0 Å². The first-order valence-electron chi connectivity index (χ1n) is 18.7. The van der Waals surface area contributed by atoms with Crippen molar-refractivity contribution >= 4 is 29.4 Å². The number of aryl methyl sites for hydroxylation is 1. The van der Waals surface area contributed by atoms with Crippen molar-refractivity contribution in [2.24, 2.45) is 0 Å². The maximum Gasteiger partial charge on any atom is 0.0402 e. The van der Waals surface area contributed by atoms with Crippen molar-refractivity contribution in [2.45, 2.75) is 124 Å². The molecule has 0 spiro atoms. The van der Waals surface area contributed by atoms with E-state index in [9.17, 15) is 0 Å². The van der Waals surface area contributed by atoms with Gasteiger partial charge in [-0.25, -0.2) is 0 Å². The monoisotopic (exact) mass is 679 g/mol. The van der Waals surface area contributed by atoms with Crippen molar-refractivity contribution in [3.05, 3.63) is 132 Å². The summed E-state index contributed by atoms with van der Waals surface area (Å²) in [5.74, 6) is 0. The van der Waals surface area contributed by atoms with E-state index in [2.05, 4.69) is 19.6 Å². The highest BCUT2D eigenvalue weighted by Crippen LogP contribution is 2.10. The molecule has 0 fully saturated rings. The lowest BCUT2D eigenvalue weighted by Crippen LogP contribution is -1.90. The normalized spacial score (nSPS) is 6.96. The average molecular weight is 679 g/mol. The number of rotatable bonds is 3. The van der Waals surface area contributed by atoms with Gasteiger partial charge in [0.25, 0.3) is 0 Å². The fourth-order valence-electron chi connectivity index (χ4n) is 2.58. The van der Waals surface area contributed by atoms with E-state index in [1.165, 1.54) is 11.8 Å². The van der Waals surface area contributed by atoms with Crippen LogP contribution in [0.4, 0.5) is 17.1 Å². The van der Waals surface area contributed by atoms with Crippen molar-refractivity contribution in [2.75, 3.05) is 17.2 Å². The second-order valence-corrected chi connectivity index (χ2v) is 6.81. The highest BCUT2D eigenvalue weighted by molar-refractivity contribution is 5.84. The van der Waals surface area contributed by atoms with Gasteiger partial charge in [-0.3, -0.25) is 0 Å². The van der Waals surface area contributed by atoms with E-state index in [1.54, 1.807) is 12.1 Å². The van der Waals surface area contributed by atoms with Crippen LogP contribution >= 0.6 is 0 Å². The van der Waals surface area contributed by atoms with Crippen LogP contribution in [-0.2, 0) is 6.42 Å². The summed E-state index contributed by atoms with van der Waals surface area (Å²) in [5.41, 5.74) is 22.0. The van der Waals surface area contributed by atoms with Gasteiger partial charge in [0.15, 0.2) is 0 Å². The number of anilines is 3. The molecular weight excluding hydrogens is 597 g/mol. The largest absolute Gasteiger partial charge is 0.399 e. The van der Waals surface area contributed by atoms with Crippen LogP contribution in [0.2, 0.25) is 0 Å². The Morgan fingerprint density at radius 3 is 0.878 bits per heavy atom. The highest BCUT2D eigenvalue weighted by atomic mass is 14.6. The summed E-state index contributed by atoms with van der Waals surface area (Å²) >= 11 is 0. The lowest BCUT2D eigenvalue weighted by Gasteiger charge is -1.98. The Bertz CT molecular complexity index is 1000. The van der Waals surface area contributed by atoms with Gasteiger partial charge in [-0.05, 0) is 35.7 Å². The lowest BCUT2D eigenvalue weighted by atomic mass is 10.1. The molecule has 282 valence electrons. The van der Waals surface area contributed by atoms with Crippen LogP contribution in [0.5, 0.6) is 0 Å². The molecule has 0 heterocycles. The molecule has 4 nitrogen and oxygen atoms in total. The van der Waals surface area contributed by atoms with Gasteiger partial charge in [0.05, 0.1) is 0 Å². The maximum absolute atomic E-state index is 6.88. The Balaban J connectivity index is -0.0000000673. The number of nitrogens with two attached hydrogens (primary N) is 3. The molecule has 4 aromatic carbocycles. The Hall–Kier alpha value is -4.31. The molecule has 4 rings (SSSR count). The van der Waals surface area contributed by atoms with E-state index in [1.807, 2.05) is 208 Å². The van der Waals surface area contributed by atoms with Crippen LogP contribution in [0.15, 0.2) is 116 Å². The second kappa shape index (κ2) is 66.2. The minimum atomic E-state index is 0.660. The van der Waals surface area contributed by atoms with Gasteiger partial charge in [-0.1, -0.05) is 221 Å². The summed E-state index contributed by atoms with van der Waals surface area (Å²) in [7, 11) is 0. The lowest BCUT2D eigenvalue weighted by molar-refractivity contribution is 1.14. The number of hydrogen-bond acceptors (Lipinski definition) is 4. The average Bonchev–Trinajstić information content (AvgIpc) is 3.23. The van der Waals surface area contributed by atoms with Gasteiger partial charge in [-0.2, -0.15) is 0 Å². The third-order valence-corrected chi connectivity index (χ3v) is 4.47. The number of nitrogen functional groups attached to an aromatic ring is 3. The molecule has 49 heavy (non-hydrogen) atoms. The Kier molecular flexibility index (Phi) is 85.6. The third kappa shape index (κ3) is 45.9. The summed E-state index contributed by atoms with van der Waals surface area (Å²) in [4.78, 5) is 0. The van der Waals surface area contributed by atoms with E-state index in [0.717, 1.165) is 28.9 Å². The summed E-state index contributed by atoms with van der Waals surface area (Å²) < 4.78 is 0. The molecule has 0 atom stereocenters. The highest BCUT2D eigenvalue weighted by Gasteiger charge is 1.90. The van der Waals surface area contributed by atoms with Gasteiger partial charge in [0.1, 0.15) is 0 Å². The quantitative estimate of drug-likeness (QED) is 0.128. The molecule has 7 N–H and O–H groups in total. The Morgan fingerprint density at radius 1 is 0.429 bits per heavy atom. The number of para-hydroxylation sites is 3. The van der Waals surface area contributed by atoms with Gasteiger partial charge in [-0.15, -0.1) is 0 Å². The van der Waals surface area contributed by atoms with Gasteiger partial charge in [0, 0.05) is 28.8 Å². The molecule has 0 saturated carbocycles. The molecule has 0 saturated heterocycles. The fourth-order valence-corrected chi connectivity index (χ4v) is 2.58. The van der Waals surface area contributed by atoms with Crippen molar-refractivity contribution in [1.29, 1.82) is 5.41 Å². The van der Waals surface area contributed by atoms with E-state index in [-0.39, 0.29) is 0 Å². The van der Waals surface area contributed by atoms with Gasteiger partial charge >= 0.3 is 0 Å². The molecular formula is C45H82N4. The molecule has 0 aliphatic carbocycles. The summed E-state index contributed by atoms with van der Waals surface area (Å²) in [6, 6.07) is 34.9. The van der Waals surface area contributed by atoms with Crippen LogP contribution in [0.3, 0.4) is 0 Å². The first-order chi connectivity index (χ1) is 24.0.